The smallest absolute Gasteiger partial charge is 0.252 e. The summed E-state index contributed by atoms with van der Waals surface area (Å²) in [6.07, 6.45) is 2.68. The van der Waals surface area contributed by atoms with Crippen LogP contribution in [0.5, 0.6) is 0 Å². The van der Waals surface area contributed by atoms with Crippen molar-refractivity contribution in [2.24, 2.45) is 5.92 Å². The molecule has 0 N–H and O–H groups in total. The second-order valence-corrected chi connectivity index (χ2v) is 9.10. The third-order valence-electron chi connectivity index (χ3n) is 3.91. The van der Waals surface area contributed by atoms with E-state index >= 15 is 0 Å². The van der Waals surface area contributed by atoms with Crippen molar-refractivity contribution in [1.82, 2.24) is 9.21 Å². The van der Waals surface area contributed by atoms with Crippen LogP contribution < -0.4 is 0 Å². The summed E-state index contributed by atoms with van der Waals surface area (Å²) in [6, 6.07) is 3.47. The monoisotopic (exact) mass is 334 g/mol. The summed E-state index contributed by atoms with van der Waals surface area (Å²) >= 11 is 7.02. The van der Waals surface area contributed by atoms with E-state index in [1.54, 1.807) is 16.4 Å². The minimum atomic E-state index is -3.32. The molecule has 0 amide bonds. The summed E-state index contributed by atoms with van der Waals surface area (Å²) in [5, 5.41) is 0. The van der Waals surface area contributed by atoms with Crippen LogP contribution in [0, 0.1) is 5.92 Å². The fraction of sp³-hybridized carbons (Fsp3) is 0.692. The molecule has 0 bridgehead atoms. The van der Waals surface area contributed by atoms with Gasteiger partial charge in [-0.1, -0.05) is 0 Å². The number of halogens is 1. The lowest BCUT2D eigenvalue weighted by Crippen LogP contribution is -2.48. The SMILES string of the molecule is O=S(=O)(c1ccc(CCl)s1)N1CCN(CC2CC2)CC1. The molecule has 0 radical (unpaired) electrons. The lowest BCUT2D eigenvalue weighted by atomic mass is 10.3. The highest BCUT2D eigenvalue weighted by Gasteiger charge is 2.31. The van der Waals surface area contributed by atoms with Crippen LogP contribution in [0.15, 0.2) is 16.3 Å². The van der Waals surface area contributed by atoms with Crippen molar-refractivity contribution >= 4 is 33.0 Å². The minimum Gasteiger partial charge on any atom is -0.300 e. The van der Waals surface area contributed by atoms with Gasteiger partial charge < -0.3 is 4.90 Å². The van der Waals surface area contributed by atoms with Crippen LogP contribution in [0.3, 0.4) is 0 Å². The predicted molar refractivity (Wildman–Crippen MR) is 81.8 cm³/mol. The summed E-state index contributed by atoms with van der Waals surface area (Å²) in [4.78, 5) is 3.29. The minimum absolute atomic E-state index is 0.370. The quantitative estimate of drug-likeness (QED) is 0.775. The Hall–Kier alpha value is -0.140. The summed E-state index contributed by atoms with van der Waals surface area (Å²) in [6.45, 7) is 4.04. The van der Waals surface area contributed by atoms with E-state index in [1.165, 1.54) is 24.2 Å². The Morgan fingerprint density at radius 3 is 2.45 bits per heavy atom. The lowest BCUT2D eigenvalue weighted by molar-refractivity contribution is 0.182. The molecule has 1 aromatic rings. The van der Waals surface area contributed by atoms with Crippen LogP contribution >= 0.6 is 22.9 Å². The molecule has 2 heterocycles. The van der Waals surface area contributed by atoms with Gasteiger partial charge in [-0.15, -0.1) is 22.9 Å². The first-order chi connectivity index (χ1) is 9.59. The van der Waals surface area contributed by atoms with Crippen LogP contribution in [0.25, 0.3) is 0 Å². The van der Waals surface area contributed by atoms with E-state index in [0.29, 0.717) is 23.2 Å². The van der Waals surface area contributed by atoms with Gasteiger partial charge in [0, 0.05) is 37.6 Å². The summed E-state index contributed by atoms with van der Waals surface area (Å²) in [5.41, 5.74) is 0. The average molecular weight is 335 g/mol. The van der Waals surface area contributed by atoms with Crippen molar-refractivity contribution in [3.63, 3.8) is 0 Å². The van der Waals surface area contributed by atoms with Crippen LogP contribution in [0.2, 0.25) is 0 Å². The van der Waals surface area contributed by atoms with Gasteiger partial charge in [0.1, 0.15) is 4.21 Å². The van der Waals surface area contributed by atoms with Crippen molar-refractivity contribution in [3.05, 3.63) is 17.0 Å². The Morgan fingerprint density at radius 2 is 1.90 bits per heavy atom. The van der Waals surface area contributed by atoms with Crippen molar-refractivity contribution in [2.45, 2.75) is 22.9 Å². The first-order valence-corrected chi connectivity index (χ1v) is 9.76. The van der Waals surface area contributed by atoms with E-state index in [4.69, 9.17) is 11.6 Å². The van der Waals surface area contributed by atoms with Gasteiger partial charge in [0.05, 0.1) is 5.88 Å². The van der Waals surface area contributed by atoms with Crippen LogP contribution in [-0.4, -0.2) is 50.3 Å². The molecule has 1 saturated heterocycles. The second kappa shape index (κ2) is 5.93. The highest BCUT2D eigenvalue weighted by atomic mass is 35.5. The van der Waals surface area contributed by atoms with Crippen molar-refractivity contribution in [2.75, 3.05) is 32.7 Å². The molecule has 1 aliphatic carbocycles. The molecule has 1 saturated carbocycles. The number of hydrogen-bond acceptors (Lipinski definition) is 4. The maximum atomic E-state index is 12.5. The maximum Gasteiger partial charge on any atom is 0.252 e. The van der Waals surface area contributed by atoms with Crippen molar-refractivity contribution in [1.29, 1.82) is 0 Å². The third-order valence-corrected chi connectivity index (χ3v) is 7.81. The number of thiophene rings is 1. The largest absolute Gasteiger partial charge is 0.300 e. The molecular formula is C13H19ClN2O2S2. The molecule has 0 aromatic carbocycles. The molecule has 0 spiro atoms. The Morgan fingerprint density at radius 1 is 1.20 bits per heavy atom. The van der Waals surface area contributed by atoms with Gasteiger partial charge in [-0.05, 0) is 30.9 Å². The first kappa shape index (κ1) is 14.8. The van der Waals surface area contributed by atoms with Gasteiger partial charge >= 0.3 is 0 Å². The Bertz CT molecular complexity index is 561. The molecule has 0 unspecified atom stereocenters. The maximum absolute atomic E-state index is 12.5. The van der Waals surface area contributed by atoms with Gasteiger partial charge in [-0.2, -0.15) is 4.31 Å². The van der Waals surface area contributed by atoms with Gasteiger partial charge in [0.2, 0.25) is 0 Å². The number of nitrogens with zero attached hydrogens (tertiary/aromatic N) is 2. The predicted octanol–water partition coefficient (Wildman–Crippen LogP) is 2.20. The zero-order valence-electron chi connectivity index (χ0n) is 11.3. The molecule has 2 fully saturated rings. The highest BCUT2D eigenvalue weighted by Crippen LogP contribution is 2.31. The average Bonchev–Trinajstić information content (AvgIpc) is 3.12. The topological polar surface area (TPSA) is 40.6 Å². The molecule has 1 aromatic heterocycles. The zero-order valence-corrected chi connectivity index (χ0v) is 13.7. The normalized spacial score (nSPS) is 22.2. The van der Waals surface area contributed by atoms with E-state index in [-0.39, 0.29) is 0 Å². The van der Waals surface area contributed by atoms with Crippen molar-refractivity contribution in [3.8, 4) is 0 Å². The third kappa shape index (κ3) is 3.20. The standard InChI is InChI=1S/C13H19ClN2O2S2/c14-9-12-3-4-13(19-12)20(17,18)16-7-5-15(6-8-16)10-11-1-2-11/h3-4,11H,1-2,5-10H2. The van der Waals surface area contributed by atoms with Crippen LogP contribution in [0.4, 0.5) is 0 Å². The second-order valence-electron chi connectivity index (χ2n) is 5.50. The van der Waals surface area contributed by atoms with Crippen LogP contribution in [-0.2, 0) is 15.9 Å². The number of alkyl halides is 1. The van der Waals surface area contributed by atoms with Gasteiger partial charge in [-0.3, -0.25) is 0 Å². The molecule has 3 rings (SSSR count). The molecule has 20 heavy (non-hydrogen) atoms. The van der Waals surface area contributed by atoms with Crippen molar-refractivity contribution < 1.29 is 8.42 Å². The van der Waals surface area contributed by atoms with Crippen LogP contribution in [0.1, 0.15) is 17.7 Å². The summed E-state index contributed by atoms with van der Waals surface area (Å²) in [5.74, 6) is 1.23. The molecule has 2 aliphatic rings. The van der Waals surface area contributed by atoms with E-state index < -0.39 is 10.0 Å². The Kier molecular flexibility index (Phi) is 4.38. The summed E-state index contributed by atoms with van der Waals surface area (Å²) < 4.78 is 27.1. The fourth-order valence-corrected chi connectivity index (χ4v) is 5.55. The molecule has 0 atom stereocenters. The summed E-state index contributed by atoms with van der Waals surface area (Å²) in [7, 11) is -3.32. The number of piperazine rings is 1. The van der Waals surface area contributed by atoms with E-state index in [9.17, 15) is 8.42 Å². The lowest BCUT2D eigenvalue weighted by Gasteiger charge is -2.33. The fourth-order valence-electron chi connectivity index (χ4n) is 2.51. The van der Waals surface area contributed by atoms with E-state index in [0.717, 1.165) is 30.4 Å². The van der Waals surface area contributed by atoms with Gasteiger partial charge in [-0.25, -0.2) is 8.42 Å². The molecule has 7 heteroatoms. The molecule has 112 valence electrons. The number of rotatable bonds is 5. The Labute approximate surface area is 129 Å². The van der Waals surface area contributed by atoms with Gasteiger partial charge in [0.25, 0.3) is 10.0 Å². The molecule has 4 nitrogen and oxygen atoms in total. The number of hydrogen-bond donors (Lipinski definition) is 0. The zero-order chi connectivity index (χ0) is 14.2. The molecule has 1 aliphatic heterocycles. The van der Waals surface area contributed by atoms with Gasteiger partial charge in [0.15, 0.2) is 0 Å². The van der Waals surface area contributed by atoms with E-state index in [1.807, 2.05) is 0 Å². The molecular weight excluding hydrogens is 316 g/mol. The highest BCUT2D eigenvalue weighted by molar-refractivity contribution is 7.91. The van der Waals surface area contributed by atoms with E-state index in [2.05, 4.69) is 4.90 Å². The Balaban J connectivity index is 1.63. The number of sulfonamides is 1. The first-order valence-electron chi connectivity index (χ1n) is 6.97.